The van der Waals surface area contributed by atoms with E-state index in [0.717, 1.165) is 30.2 Å². The van der Waals surface area contributed by atoms with Crippen LogP contribution in [0.1, 0.15) is 38.6 Å². The summed E-state index contributed by atoms with van der Waals surface area (Å²) in [5, 5.41) is 3.52. The van der Waals surface area contributed by atoms with Crippen LogP contribution in [-0.2, 0) is 14.8 Å². The third kappa shape index (κ3) is 3.30. The first-order valence-corrected chi connectivity index (χ1v) is 10.3. The molecule has 3 rings (SSSR count). The van der Waals surface area contributed by atoms with Gasteiger partial charge in [0.15, 0.2) is 0 Å². The molecule has 25 heavy (non-hydrogen) atoms. The maximum Gasteiger partial charge on any atom is 0.243 e. The van der Waals surface area contributed by atoms with E-state index < -0.39 is 10.0 Å². The lowest BCUT2D eigenvalue weighted by Crippen LogP contribution is -2.35. The van der Waals surface area contributed by atoms with Gasteiger partial charge in [-0.15, -0.1) is 0 Å². The summed E-state index contributed by atoms with van der Waals surface area (Å²) >= 11 is 0. The number of carbonyl (C=O) groups is 1. The fraction of sp³-hybridized carbons (Fsp3) is 0.500. The van der Waals surface area contributed by atoms with Gasteiger partial charge in [-0.3, -0.25) is 4.79 Å². The van der Waals surface area contributed by atoms with Crippen LogP contribution in [0.5, 0.6) is 0 Å². The van der Waals surface area contributed by atoms with Gasteiger partial charge in [-0.05, 0) is 43.5 Å². The van der Waals surface area contributed by atoms with E-state index in [2.05, 4.69) is 5.32 Å². The van der Waals surface area contributed by atoms with E-state index in [1.165, 1.54) is 0 Å². The van der Waals surface area contributed by atoms with Gasteiger partial charge >= 0.3 is 0 Å². The van der Waals surface area contributed by atoms with Gasteiger partial charge in [0.2, 0.25) is 15.9 Å². The number of nitrogens with zero attached hydrogens (tertiary/aromatic N) is 2. The van der Waals surface area contributed by atoms with Crippen LogP contribution in [0.3, 0.4) is 0 Å². The summed E-state index contributed by atoms with van der Waals surface area (Å²) in [6.45, 7) is 3.15. The first-order chi connectivity index (χ1) is 12.0. The molecule has 1 aromatic heterocycles. The van der Waals surface area contributed by atoms with Crippen molar-refractivity contribution in [2.45, 2.75) is 43.5 Å². The van der Waals surface area contributed by atoms with Gasteiger partial charge in [-0.2, -0.15) is 4.31 Å². The number of amides is 1. The normalized spacial score (nSPS) is 17.5. The SMILES string of the molecule is CCC(C(=O)NC)n1ccc2cc(S(=O)(=O)N3CCCCC3)ccc21. The molecule has 136 valence electrons. The van der Waals surface area contributed by atoms with Crippen molar-refractivity contribution >= 4 is 26.8 Å². The Kier molecular flexibility index (Phi) is 5.15. The number of sulfonamides is 1. The highest BCUT2D eigenvalue weighted by molar-refractivity contribution is 7.89. The number of carbonyl (C=O) groups excluding carboxylic acids is 1. The minimum Gasteiger partial charge on any atom is -0.357 e. The second kappa shape index (κ2) is 7.17. The quantitative estimate of drug-likeness (QED) is 0.887. The van der Waals surface area contributed by atoms with Crippen LogP contribution >= 0.6 is 0 Å². The van der Waals surface area contributed by atoms with Crippen molar-refractivity contribution in [2.24, 2.45) is 0 Å². The van der Waals surface area contributed by atoms with Gasteiger partial charge in [0, 0.05) is 37.2 Å². The molecule has 1 atom stereocenters. The van der Waals surface area contributed by atoms with Crippen LogP contribution in [0, 0.1) is 0 Å². The fourth-order valence-electron chi connectivity index (χ4n) is 3.50. The Morgan fingerprint density at radius 3 is 2.56 bits per heavy atom. The number of fused-ring (bicyclic) bond motifs is 1. The Labute approximate surface area is 148 Å². The molecule has 2 heterocycles. The van der Waals surface area contributed by atoms with Crippen LogP contribution in [0.2, 0.25) is 0 Å². The van der Waals surface area contributed by atoms with E-state index in [-0.39, 0.29) is 11.9 Å². The highest BCUT2D eigenvalue weighted by Crippen LogP contribution is 2.27. The van der Waals surface area contributed by atoms with Gasteiger partial charge in [-0.25, -0.2) is 8.42 Å². The number of rotatable bonds is 5. The Bertz CT molecular complexity index is 867. The molecule has 1 aromatic carbocycles. The molecule has 0 saturated carbocycles. The molecule has 1 amide bonds. The summed E-state index contributed by atoms with van der Waals surface area (Å²) in [4.78, 5) is 12.4. The lowest BCUT2D eigenvalue weighted by Gasteiger charge is -2.26. The molecule has 1 N–H and O–H groups in total. The van der Waals surface area contributed by atoms with E-state index in [0.29, 0.717) is 24.4 Å². The van der Waals surface area contributed by atoms with E-state index in [4.69, 9.17) is 0 Å². The number of likely N-dealkylation sites (N-methyl/N-ethyl adjacent to an activating group) is 1. The van der Waals surface area contributed by atoms with Crippen molar-refractivity contribution in [1.82, 2.24) is 14.2 Å². The minimum atomic E-state index is -3.45. The van der Waals surface area contributed by atoms with Gasteiger partial charge in [-0.1, -0.05) is 13.3 Å². The molecule has 1 aliphatic rings. The average Bonchev–Trinajstić information content (AvgIpc) is 3.06. The maximum atomic E-state index is 12.8. The zero-order chi connectivity index (χ0) is 18.0. The third-order valence-electron chi connectivity index (χ3n) is 4.92. The lowest BCUT2D eigenvalue weighted by molar-refractivity contribution is -0.123. The summed E-state index contributed by atoms with van der Waals surface area (Å²) in [6, 6.07) is 6.74. The van der Waals surface area contributed by atoms with Crippen molar-refractivity contribution in [3.8, 4) is 0 Å². The van der Waals surface area contributed by atoms with Crippen LogP contribution in [0.4, 0.5) is 0 Å². The first-order valence-electron chi connectivity index (χ1n) is 8.81. The number of benzene rings is 1. The molecule has 6 nitrogen and oxygen atoms in total. The molecule has 1 saturated heterocycles. The average molecular weight is 363 g/mol. The molecule has 7 heteroatoms. The van der Waals surface area contributed by atoms with E-state index in [1.807, 2.05) is 23.8 Å². The number of nitrogens with one attached hydrogen (secondary N) is 1. The van der Waals surface area contributed by atoms with Crippen molar-refractivity contribution in [3.05, 3.63) is 30.5 Å². The summed E-state index contributed by atoms with van der Waals surface area (Å²) in [5.41, 5.74) is 0.869. The van der Waals surface area contributed by atoms with Crippen LogP contribution in [0.15, 0.2) is 35.4 Å². The molecule has 1 unspecified atom stereocenters. The zero-order valence-corrected chi connectivity index (χ0v) is 15.6. The second-order valence-electron chi connectivity index (χ2n) is 6.45. The van der Waals surface area contributed by atoms with Crippen molar-refractivity contribution in [2.75, 3.05) is 20.1 Å². The number of hydrogen-bond acceptors (Lipinski definition) is 3. The number of aromatic nitrogens is 1. The Balaban J connectivity index is 1.98. The smallest absolute Gasteiger partial charge is 0.243 e. The van der Waals surface area contributed by atoms with Crippen molar-refractivity contribution in [3.63, 3.8) is 0 Å². The highest BCUT2D eigenvalue weighted by Gasteiger charge is 2.26. The van der Waals surface area contributed by atoms with E-state index in [9.17, 15) is 13.2 Å². The van der Waals surface area contributed by atoms with Gasteiger partial charge in [0.1, 0.15) is 6.04 Å². The monoisotopic (exact) mass is 363 g/mol. The van der Waals surface area contributed by atoms with Crippen LogP contribution < -0.4 is 5.32 Å². The largest absolute Gasteiger partial charge is 0.357 e. The molecular formula is C18H25N3O3S. The van der Waals surface area contributed by atoms with Crippen molar-refractivity contribution in [1.29, 1.82) is 0 Å². The summed E-state index contributed by atoms with van der Waals surface area (Å²) in [6.07, 6.45) is 5.44. The highest BCUT2D eigenvalue weighted by atomic mass is 32.2. The lowest BCUT2D eigenvalue weighted by atomic mass is 10.2. The van der Waals surface area contributed by atoms with E-state index in [1.54, 1.807) is 29.6 Å². The molecule has 0 radical (unpaired) electrons. The maximum absolute atomic E-state index is 12.8. The standard InChI is InChI=1S/C18H25N3O3S/c1-3-16(18(22)19-2)21-12-9-14-13-15(7-8-17(14)21)25(23,24)20-10-5-4-6-11-20/h7-9,12-13,16H,3-6,10-11H2,1-2H3,(H,19,22). The third-order valence-corrected chi connectivity index (χ3v) is 6.81. The van der Waals surface area contributed by atoms with Gasteiger partial charge < -0.3 is 9.88 Å². The molecule has 0 spiro atoms. The van der Waals surface area contributed by atoms with E-state index >= 15 is 0 Å². The van der Waals surface area contributed by atoms with Gasteiger partial charge in [0.25, 0.3) is 0 Å². The van der Waals surface area contributed by atoms with Crippen LogP contribution in [0.25, 0.3) is 10.9 Å². The number of hydrogen-bond donors (Lipinski definition) is 1. The molecule has 1 fully saturated rings. The molecule has 0 bridgehead atoms. The molecular weight excluding hydrogens is 338 g/mol. The predicted octanol–water partition coefficient (Wildman–Crippen LogP) is 2.51. The molecule has 2 aromatic rings. The Morgan fingerprint density at radius 1 is 1.20 bits per heavy atom. The summed E-state index contributed by atoms with van der Waals surface area (Å²) < 4.78 is 29.2. The number of piperidine rings is 1. The first kappa shape index (κ1) is 17.9. The molecule has 1 aliphatic heterocycles. The van der Waals surface area contributed by atoms with Crippen molar-refractivity contribution < 1.29 is 13.2 Å². The predicted molar refractivity (Wildman–Crippen MR) is 97.9 cm³/mol. The Hall–Kier alpha value is -1.86. The minimum absolute atomic E-state index is 0.0509. The van der Waals surface area contributed by atoms with Gasteiger partial charge in [0.05, 0.1) is 4.90 Å². The summed E-state index contributed by atoms with van der Waals surface area (Å²) in [7, 11) is -1.82. The Morgan fingerprint density at radius 2 is 1.92 bits per heavy atom. The topological polar surface area (TPSA) is 71.4 Å². The molecule has 0 aliphatic carbocycles. The second-order valence-corrected chi connectivity index (χ2v) is 8.38. The summed E-state index contributed by atoms with van der Waals surface area (Å²) in [5.74, 6) is -0.0509. The fourth-order valence-corrected chi connectivity index (χ4v) is 5.06. The van der Waals surface area contributed by atoms with Crippen LogP contribution in [-0.4, -0.2) is 43.3 Å². The zero-order valence-electron chi connectivity index (χ0n) is 14.7.